The summed E-state index contributed by atoms with van der Waals surface area (Å²) in [4.78, 5) is 14.7. The van der Waals surface area contributed by atoms with Crippen LogP contribution in [-0.2, 0) is 0 Å². The van der Waals surface area contributed by atoms with Gasteiger partial charge in [-0.15, -0.1) is 0 Å². The third kappa shape index (κ3) is 5.87. The molecule has 23 heavy (non-hydrogen) atoms. The SMILES string of the molecule is CCOc1ccc(C(=O)NCCCN2CCCCCC2)cc1C. The highest BCUT2D eigenvalue weighted by atomic mass is 16.5. The van der Waals surface area contributed by atoms with Crippen molar-refractivity contribution in [3.8, 4) is 5.75 Å². The Hall–Kier alpha value is -1.55. The van der Waals surface area contributed by atoms with Gasteiger partial charge in [-0.05, 0) is 76.5 Å². The third-order valence-corrected chi connectivity index (χ3v) is 4.37. The van der Waals surface area contributed by atoms with Crippen molar-refractivity contribution < 1.29 is 9.53 Å². The first kappa shape index (κ1) is 17.8. The Kier molecular flexibility index (Phi) is 7.40. The van der Waals surface area contributed by atoms with Crippen LogP contribution in [0.3, 0.4) is 0 Å². The summed E-state index contributed by atoms with van der Waals surface area (Å²) >= 11 is 0. The topological polar surface area (TPSA) is 41.6 Å². The number of carbonyl (C=O) groups excluding carboxylic acids is 1. The molecule has 0 aliphatic carbocycles. The van der Waals surface area contributed by atoms with E-state index in [1.165, 1.54) is 38.8 Å². The zero-order valence-corrected chi connectivity index (χ0v) is 14.6. The van der Waals surface area contributed by atoms with E-state index in [2.05, 4.69) is 10.2 Å². The van der Waals surface area contributed by atoms with Gasteiger partial charge in [0.15, 0.2) is 0 Å². The van der Waals surface area contributed by atoms with Crippen LogP contribution in [0.1, 0.15) is 54.9 Å². The van der Waals surface area contributed by atoms with Crippen LogP contribution in [0.5, 0.6) is 5.75 Å². The maximum atomic E-state index is 12.2. The number of hydrogen-bond donors (Lipinski definition) is 1. The number of hydrogen-bond acceptors (Lipinski definition) is 3. The van der Waals surface area contributed by atoms with Gasteiger partial charge < -0.3 is 15.0 Å². The number of aryl methyl sites for hydroxylation is 1. The van der Waals surface area contributed by atoms with Gasteiger partial charge in [0.1, 0.15) is 5.75 Å². The van der Waals surface area contributed by atoms with E-state index in [1.807, 2.05) is 32.0 Å². The number of nitrogens with one attached hydrogen (secondary N) is 1. The molecule has 2 rings (SSSR count). The Morgan fingerprint density at radius 1 is 1.22 bits per heavy atom. The van der Waals surface area contributed by atoms with Crippen LogP contribution in [0.15, 0.2) is 18.2 Å². The van der Waals surface area contributed by atoms with Crippen molar-refractivity contribution in [3.05, 3.63) is 29.3 Å². The molecule has 1 aliphatic rings. The van der Waals surface area contributed by atoms with Gasteiger partial charge in [0.05, 0.1) is 6.61 Å². The number of benzene rings is 1. The van der Waals surface area contributed by atoms with Crippen molar-refractivity contribution >= 4 is 5.91 Å². The molecule has 4 heteroatoms. The summed E-state index contributed by atoms with van der Waals surface area (Å²) in [7, 11) is 0. The quantitative estimate of drug-likeness (QED) is 0.784. The van der Waals surface area contributed by atoms with Crippen molar-refractivity contribution in [2.75, 3.05) is 32.8 Å². The van der Waals surface area contributed by atoms with Crippen molar-refractivity contribution in [1.29, 1.82) is 0 Å². The van der Waals surface area contributed by atoms with Gasteiger partial charge in [-0.3, -0.25) is 4.79 Å². The van der Waals surface area contributed by atoms with Crippen molar-refractivity contribution in [1.82, 2.24) is 10.2 Å². The van der Waals surface area contributed by atoms with Crippen LogP contribution in [0.4, 0.5) is 0 Å². The van der Waals surface area contributed by atoms with E-state index in [0.717, 1.165) is 30.8 Å². The molecule has 1 amide bonds. The molecule has 1 fully saturated rings. The molecular formula is C19H30N2O2. The van der Waals surface area contributed by atoms with Crippen molar-refractivity contribution in [2.24, 2.45) is 0 Å². The van der Waals surface area contributed by atoms with Crippen LogP contribution < -0.4 is 10.1 Å². The van der Waals surface area contributed by atoms with Gasteiger partial charge in [0.2, 0.25) is 0 Å². The van der Waals surface area contributed by atoms with Gasteiger partial charge in [-0.1, -0.05) is 12.8 Å². The predicted molar refractivity (Wildman–Crippen MR) is 94.2 cm³/mol. The summed E-state index contributed by atoms with van der Waals surface area (Å²) in [5.74, 6) is 0.859. The molecule has 1 aromatic carbocycles. The maximum absolute atomic E-state index is 12.2. The van der Waals surface area contributed by atoms with E-state index in [0.29, 0.717) is 12.2 Å². The zero-order chi connectivity index (χ0) is 16.5. The molecule has 0 unspecified atom stereocenters. The Labute approximate surface area is 140 Å². The molecule has 1 heterocycles. The minimum Gasteiger partial charge on any atom is -0.494 e. The molecule has 0 bridgehead atoms. The lowest BCUT2D eigenvalue weighted by Crippen LogP contribution is -2.30. The number of likely N-dealkylation sites (tertiary alicyclic amines) is 1. The molecule has 0 saturated carbocycles. The van der Waals surface area contributed by atoms with Crippen molar-refractivity contribution in [3.63, 3.8) is 0 Å². The van der Waals surface area contributed by atoms with Gasteiger partial charge in [-0.25, -0.2) is 0 Å². The van der Waals surface area contributed by atoms with Crippen molar-refractivity contribution in [2.45, 2.75) is 46.0 Å². The van der Waals surface area contributed by atoms with Crippen LogP contribution in [0, 0.1) is 6.92 Å². The Morgan fingerprint density at radius 2 is 1.96 bits per heavy atom. The van der Waals surface area contributed by atoms with Crippen LogP contribution in [-0.4, -0.2) is 43.6 Å². The first-order chi connectivity index (χ1) is 11.2. The summed E-state index contributed by atoms with van der Waals surface area (Å²) in [6.45, 7) is 8.83. The van der Waals surface area contributed by atoms with E-state index in [1.54, 1.807) is 0 Å². The van der Waals surface area contributed by atoms with Crippen LogP contribution in [0.2, 0.25) is 0 Å². The lowest BCUT2D eigenvalue weighted by molar-refractivity contribution is 0.0951. The fourth-order valence-electron chi connectivity index (χ4n) is 3.07. The zero-order valence-electron chi connectivity index (χ0n) is 14.6. The molecule has 0 aromatic heterocycles. The highest BCUT2D eigenvalue weighted by Gasteiger charge is 2.10. The lowest BCUT2D eigenvalue weighted by atomic mass is 10.1. The number of carbonyl (C=O) groups is 1. The summed E-state index contributed by atoms with van der Waals surface area (Å²) in [6.07, 6.45) is 6.38. The minimum atomic E-state index is 0.00650. The molecule has 1 aromatic rings. The largest absolute Gasteiger partial charge is 0.494 e. The fourth-order valence-corrected chi connectivity index (χ4v) is 3.07. The highest BCUT2D eigenvalue weighted by molar-refractivity contribution is 5.94. The van der Waals surface area contributed by atoms with Gasteiger partial charge in [0.25, 0.3) is 5.91 Å². The summed E-state index contributed by atoms with van der Waals surface area (Å²) in [5, 5.41) is 3.03. The number of ether oxygens (including phenoxy) is 1. The standard InChI is InChI=1S/C19H30N2O2/c1-3-23-18-10-9-17(15-16(18)2)19(22)20-11-8-14-21-12-6-4-5-7-13-21/h9-10,15H,3-8,11-14H2,1-2H3,(H,20,22). The Morgan fingerprint density at radius 3 is 2.61 bits per heavy atom. The first-order valence-electron chi connectivity index (χ1n) is 8.94. The van der Waals surface area contributed by atoms with Gasteiger partial charge in [-0.2, -0.15) is 0 Å². The van der Waals surface area contributed by atoms with E-state index in [4.69, 9.17) is 4.74 Å². The Bertz CT molecular complexity index is 494. The molecular weight excluding hydrogens is 288 g/mol. The molecule has 4 nitrogen and oxygen atoms in total. The second-order valence-corrected chi connectivity index (χ2v) is 6.28. The Balaban J connectivity index is 1.73. The van der Waals surface area contributed by atoms with E-state index >= 15 is 0 Å². The second-order valence-electron chi connectivity index (χ2n) is 6.28. The molecule has 1 saturated heterocycles. The average molecular weight is 318 g/mol. The minimum absolute atomic E-state index is 0.00650. The summed E-state index contributed by atoms with van der Waals surface area (Å²) in [6, 6.07) is 5.61. The maximum Gasteiger partial charge on any atom is 0.251 e. The van der Waals surface area contributed by atoms with Gasteiger partial charge in [0, 0.05) is 12.1 Å². The molecule has 1 aliphatic heterocycles. The molecule has 0 atom stereocenters. The summed E-state index contributed by atoms with van der Waals surface area (Å²) < 4.78 is 5.51. The van der Waals surface area contributed by atoms with E-state index < -0.39 is 0 Å². The molecule has 0 radical (unpaired) electrons. The number of amides is 1. The average Bonchev–Trinajstić information content (AvgIpc) is 2.82. The highest BCUT2D eigenvalue weighted by Crippen LogP contribution is 2.19. The van der Waals surface area contributed by atoms with E-state index in [-0.39, 0.29) is 5.91 Å². The number of nitrogens with zero attached hydrogens (tertiary/aromatic N) is 1. The lowest BCUT2D eigenvalue weighted by Gasteiger charge is -2.19. The molecule has 0 spiro atoms. The monoisotopic (exact) mass is 318 g/mol. The fraction of sp³-hybridized carbons (Fsp3) is 0.632. The normalized spacial score (nSPS) is 15.9. The van der Waals surface area contributed by atoms with Crippen LogP contribution in [0.25, 0.3) is 0 Å². The molecule has 128 valence electrons. The third-order valence-electron chi connectivity index (χ3n) is 4.37. The predicted octanol–water partition coefficient (Wildman–Crippen LogP) is 3.39. The van der Waals surface area contributed by atoms with E-state index in [9.17, 15) is 4.79 Å². The van der Waals surface area contributed by atoms with Crippen LogP contribution >= 0.6 is 0 Å². The summed E-state index contributed by atoms with van der Waals surface area (Å²) in [5.41, 5.74) is 1.71. The molecule has 1 N–H and O–H groups in total. The number of rotatable bonds is 7. The second kappa shape index (κ2) is 9.56. The first-order valence-corrected chi connectivity index (χ1v) is 8.94. The smallest absolute Gasteiger partial charge is 0.251 e. The van der Waals surface area contributed by atoms with Gasteiger partial charge >= 0.3 is 0 Å².